The van der Waals surface area contributed by atoms with Crippen molar-refractivity contribution in [2.24, 2.45) is 0 Å². The summed E-state index contributed by atoms with van der Waals surface area (Å²) in [5.74, 6) is -0.207. The van der Waals surface area contributed by atoms with Gasteiger partial charge in [-0.05, 0) is 19.8 Å². The first-order chi connectivity index (χ1) is 8.01. The van der Waals surface area contributed by atoms with Crippen LogP contribution in [0.4, 0.5) is 0 Å². The molecule has 98 valence electrons. The summed E-state index contributed by atoms with van der Waals surface area (Å²) in [6.07, 6.45) is 2.59. The summed E-state index contributed by atoms with van der Waals surface area (Å²) in [6, 6.07) is 0. The first-order valence-electron chi connectivity index (χ1n) is 6.09. The molecule has 0 unspecified atom stereocenters. The highest BCUT2D eigenvalue weighted by molar-refractivity contribution is 7.91. The number of hydrogen-bond acceptors (Lipinski definition) is 4. The Balaban J connectivity index is 2.31. The zero-order valence-corrected chi connectivity index (χ0v) is 11.0. The Bertz CT molecular complexity index is 392. The minimum atomic E-state index is -3.52. The maximum atomic E-state index is 12.6. The Morgan fingerprint density at radius 3 is 2.18 bits per heavy atom. The van der Waals surface area contributed by atoms with Gasteiger partial charge in [-0.3, -0.25) is 4.79 Å². The van der Waals surface area contributed by atoms with E-state index in [1.54, 1.807) is 0 Å². The highest BCUT2D eigenvalue weighted by atomic mass is 32.2. The highest BCUT2D eigenvalue weighted by Gasteiger charge is 2.52. The lowest BCUT2D eigenvalue weighted by atomic mass is 10.0. The highest BCUT2D eigenvalue weighted by Crippen LogP contribution is 2.39. The number of Topliss-reactive ketones (excluding diaryl/α,β-unsaturated/α-hetero) is 1. The van der Waals surface area contributed by atoms with E-state index in [0.29, 0.717) is 39.1 Å². The molecule has 1 heterocycles. The summed E-state index contributed by atoms with van der Waals surface area (Å²) in [5.41, 5.74) is 0. The number of rotatable bonds is 3. The van der Waals surface area contributed by atoms with Gasteiger partial charge in [0.25, 0.3) is 0 Å². The standard InChI is InChI=1S/C11H19NO4S/c1-10(13)11(4-2-3-5-11)17(14,15)12-6-8-16-9-7-12/h2-9H2,1H3. The van der Waals surface area contributed by atoms with Crippen LogP contribution in [0.3, 0.4) is 0 Å². The predicted octanol–water partition coefficient (Wildman–Crippen LogP) is 0.550. The van der Waals surface area contributed by atoms with E-state index < -0.39 is 14.8 Å². The second kappa shape index (κ2) is 4.66. The predicted molar refractivity (Wildman–Crippen MR) is 63.2 cm³/mol. The molecule has 5 nitrogen and oxygen atoms in total. The van der Waals surface area contributed by atoms with Crippen LogP contribution in [-0.2, 0) is 19.6 Å². The molecule has 0 N–H and O–H groups in total. The van der Waals surface area contributed by atoms with Gasteiger partial charge in [0.1, 0.15) is 4.75 Å². The largest absolute Gasteiger partial charge is 0.379 e. The van der Waals surface area contributed by atoms with Crippen molar-refractivity contribution in [3.63, 3.8) is 0 Å². The number of nitrogens with zero attached hydrogens (tertiary/aromatic N) is 1. The van der Waals surface area contributed by atoms with Gasteiger partial charge in [-0.1, -0.05) is 12.8 Å². The van der Waals surface area contributed by atoms with Crippen molar-refractivity contribution in [2.75, 3.05) is 26.3 Å². The summed E-state index contributed by atoms with van der Waals surface area (Å²) in [6.45, 7) is 3.00. The fourth-order valence-electron chi connectivity index (χ4n) is 2.77. The quantitative estimate of drug-likeness (QED) is 0.744. The van der Waals surface area contributed by atoms with E-state index in [0.717, 1.165) is 12.8 Å². The van der Waals surface area contributed by atoms with Gasteiger partial charge in [-0.25, -0.2) is 8.42 Å². The molecule has 1 saturated carbocycles. The molecular weight excluding hydrogens is 242 g/mol. The smallest absolute Gasteiger partial charge is 0.227 e. The monoisotopic (exact) mass is 261 g/mol. The van der Waals surface area contributed by atoms with Crippen molar-refractivity contribution >= 4 is 15.8 Å². The summed E-state index contributed by atoms with van der Waals surface area (Å²) in [5, 5.41) is 0. The molecule has 0 atom stereocenters. The maximum absolute atomic E-state index is 12.6. The van der Waals surface area contributed by atoms with Gasteiger partial charge in [0.2, 0.25) is 10.0 Å². The molecule has 17 heavy (non-hydrogen) atoms. The second-order valence-electron chi connectivity index (χ2n) is 4.77. The lowest BCUT2D eigenvalue weighted by molar-refractivity contribution is -0.119. The summed E-state index contributed by atoms with van der Waals surface area (Å²) >= 11 is 0. The molecule has 0 aromatic carbocycles. The zero-order chi connectivity index (χ0) is 12.5. The number of morpholine rings is 1. The van der Waals surface area contributed by atoms with Crippen LogP contribution in [0.15, 0.2) is 0 Å². The Morgan fingerprint density at radius 2 is 1.71 bits per heavy atom. The molecule has 1 aliphatic carbocycles. The van der Waals surface area contributed by atoms with Gasteiger partial charge in [-0.2, -0.15) is 4.31 Å². The van der Waals surface area contributed by atoms with E-state index in [-0.39, 0.29) is 5.78 Å². The first kappa shape index (κ1) is 13.0. The lowest BCUT2D eigenvalue weighted by Gasteiger charge is -2.34. The van der Waals surface area contributed by atoms with E-state index in [4.69, 9.17) is 4.74 Å². The molecule has 0 aromatic heterocycles. The number of carbonyl (C=O) groups is 1. The van der Waals surface area contributed by atoms with Gasteiger partial charge in [0.15, 0.2) is 5.78 Å². The minimum Gasteiger partial charge on any atom is -0.379 e. The Labute approximate surface area is 102 Å². The average molecular weight is 261 g/mol. The second-order valence-corrected chi connectivity index (χ2v) is 7.02. The Kier molecular flexibility index (Phi) is 3.56. The van der Waals surface area contributed by atoms with Crippen LogP contribution in [0, 0.1) is 0 Å². The van der Waals surface area contributed by atoms with Crippen LogP contribution in [0.5, 0.6) is 0 Å². The summed E-state index contributed by atoms with van der Waals surface area (Å²) in [4.78, 5) is 11.8. The molecule has 0 bridgehead atoms. The van der Waals surface area contributed by atoms with Crippen LogP contribution in [0.2, 0.25) is 0 Å². The topological polar surface area (TPSA) is 63.7 Å². The van der Waals surface area contributed by atoms with E-state index in [9.17, 15) is 13.2 Å². The molecule has 6 heteroatoms. The van der Waals surface area contributed by atoms with E-state index >= 15 is 0 Å². The van der Waals surface area contributed by atoms with E-state index in [2.05, 4.69) is 0 Å². The molecule has 0 aromatic rings. The molecular formula is C11H19NO4S. The Hall–Kier alpha value is -0.460. The molecule has 0 radical (unpaired) electrons. The van der Waals surface area contributed by atoms with Crippen LogP contribution in [0.25, 0.3) is 0 Å². The van der Waals surface area contributed by atoms with Gasteiger partial charge in [0, 0.05) is 13.1 Å². The maximum Gasteiger partial charge on any atom is 0.227 e. The molecule has 0 spiro atoms. The number of carbonyl (C=O) groups excluding carboxylic acids is 1. The number of sulfonamides is 1. The van der Waals surface area contributed by atoms with Crippen molar-refractivity contribution in [3.05, 3.63) is 0 Å². The molecule has 1 aliphatic heterocycles. The van der Waals surface area contributed by atoms with Gasteiger partial charge in [-0.15, -0.1) is 0 Å². The molecule has 2 fully saturated rings. The van der Waals surface area contributed by atoms with E-state index in [1.165, 1.54) is 11.2 Å². The third-order valence-corrected chi connectivity index (χ3v) is 6.58. The fourth-order valence-corrected chi connectivity index (χ4v) is 5.06. The molecule has 0 amide bonds. The van der Waals surface area contributed by atoms with Crippen molar-refractivity contribution < 1.29 is 17.9 Å². The van der Waals surface area contributed by atoms with Gasteiger partial charge in [0.05, 0.1) is 13.2 Å². The fraction of sp³-hybridized carbons (Fsp3) is 0.909. The summed E-state index contributed by atoms with van der Waals surface area (Å²) in [7, 11) is -3.52. The molecule has 2 aliphatic rings. The van der Waals surface area contributed by atoms with E-state index in [1.807, 2.05) is 0 Å². The van der Waals surface area contributed by atoms with Crippen LogP contribution >= 0.6 is 0 Å². The van der Waals surface area contributed by atoms with Gasteiger partial charge >= 0.3 is 0 Å². The average Bonchev–Trinajstić information content (AvgIpc) is 2.81. The Morgan fingerprint density at radius 1 is 1.18 bits per heavy atom. The number of ether oxygens (including phenoxy) is 1. The number of hydrogen-bond donors (Lipinski definition) is 0. The number of ketones is 1. The molecule has 2 rings (SSSR count). The van der Waals surface area contributed by atoms with Crippen molar-refractivity contribution in [1.82, 2.24) is 4.31 Å². The first-order valence-corrected chi connectivity index (χ1v) is 7.53. The zero-order valence-electron chi connectivity index (χ0n) is 10.1. The summed E-state index contributed by atoms with van der Waals surface area (Å²) < 4.78 is 30.6. The molecule has 1 saturated heterocycles. The third-order valence-electron chi connectivity index (χ3n) is 3.86. The SMILES string of the molecule is CC(=O)C1(S(=O)(=O)N2CCOCC2)CCCC1. The minimum absolute atomic E-state index is 0.207. The normalized spacial score (nSPS) is 25.9. The van der Waals surface area contributed by atoms with Crippen molar-refractivity contribution in [3.8, 4) is 0 Å². The van der Waals surface area contributed by atoms with Crippen molar-refractivity contribution in [2.45, 2.75) is 37.4 Å². The van der Waals surface area contributed by atoms with Crippen LogP contribution in [-0.4, -0.2) is 49.6 Å². The van der Waals surface area contributed by atoms with Crippen molar-refractivity contribution in [1.29, 1.82) is 0 Å². The van der Waals surface area contributed by atoms with Gasteiger partial charge < -0.3 is 4.74 Å². The third kappa shape index (κ3) is 2.02. The lowest BCUT2D eigenvalue weighted by Crippen LogP contribution is -2.54. The van der Waals surface area contributed by atoms with Crippen LogP contribution < -0.4 is 0 Å². The van der Waals surface area contributed by atoms with Crippen LogP contribution in [0.1, 0.15) is 32.6 Å².